The Labute approximate surface area is 167 Å². The Morgan fingerprint density at radius 3 is 2.48 bits per heavy atom. The van der Waals surface area contributed by atoms with E-state index in [1.54, 1.807) is 12.1 Å². The number of Topliss-reactive ketones (excluding diaryl/α,β-unsaturated/α-hetero) is 1. The van der Waals surface area contributed by atoms with Crippen LogP contribution in [0.5, 0.6) is 0 Å². The van der Waals surface area contributed by atoms with Crippen LogP contribution >= 0.6 is 0 Å². The number of amides is 1. The summed E-state index contributed by atoms with van der Waals surface area (Å²) in [4.78, 5) is 23.6. The Morgan fingerprint density at radius 2 is 1.86 bits per heavy atom. The number of sulfone groups is 2. The van der Waals surface area contributed by atoms with Gasteiger partial charge in [-0.1, -0.05) is 12.1 Å². The standard InChI is InChI=1S/C19H18FNO6S2/c1-12(22)13-3-2-4-14(9-13)21-19(23)17-10-15(5-6-18(17)20)29(26,27)16-7-8-28(24,25)11-16/h2-6,9-10,16H,7-8,11H2,1H3,(H,21,23)/t16-/m0/s1. The van der Waals surface area contributed by atoms with E-state index in [0.29, 0.717) is 5.56 Å². The quantitative estimate of drug-likeness (QED) is 0.564. The molecular formula is C19H18FNO6S2. The lowest BCUT2D eigenvalue weighted by molar-refractivity contribution is 0.100. The normalized spacial score (nSPS) is 18.3. The lowest BCUT2D eigenvalue weighted by Crippen LogP contribution is -2.23. The maximum Gasteiger partial charge on any atom is 0.258 e. The average molecular weight is 439 g/mol. The van der Waals surface area contributed by atoms with Crippen molar-refractivity contribution < 1.29 is 30.8 Å². The van der Waals surface area contributed by atoms with Gasteiger partial charge in [0.15, 0.2) is 25.5 Å². The molecule has 0 unspecified atom stereocenters. The summed E-state index contributed by atoms with van der Waals surface area (Å²) in [6, 6.07) is 8.81. The first-order valence-electron chi connectivity index (χ1n) is 8.66. The number of carbonyl (C=O) groups excluding carboxylic acids is 2. The molecule has 1 N–H and O–H groups in total. The van der Waals surface area contributed by atoms with Crippen LogP contribution in [0.1, 0.15) is 34.1 Å². The highest BCUT2D eigenvalue weighted by atomic mass is 32.2. The smallest absolute Gasteiger partial charge is 0.258 e. The van der Waals surface area contributed by atoms with Crippen molar-refractivity contribution in [2.24, 2.45) is 0 Å². The Morgan fingerprint density at radius 1 is 1.14 bits per heavy atom. The van der Waals surface area contributed by atoms with E-state index in [9.17, 15) is 30.8 Å². The molecule has 1 fully saturated rings. The van der Waals surface area contributed by atoms with Crippen LogP contribution in [0.25, 0.3) is 0 Å². The summed E-state index contributed by atoms with van der Waals surface area (Å²) < 4.78 is 62.9. The summed E-state index contributed by atoms with van der Waals surface area (Å²) in [5.41, 5.74) is 0.0967. The summed E-state index contributed by atoms with van der Waals surface area (Å²) >= 11 is 0. The number of nitrogens with one attached hydrogen (secondary N) is 1. The predicted molar refractivity (Wildman–Crippen MR) is 105 cm³/mol. The Balaban J connectivity index is 1.90. The molecule has 0 spiro atoms. The average Bonchev–Trinajstić information content (AvgIpc) is 3.02. The molecule has 3 rings (SSSR count). The van der Waals surface area contributed by atoms with Crippen molar-refractivity contribution in [1.82, 2.24) is 0 Å². The van der Waals surface area contributed by atoms with E-state index in [-0.39, 0.29) is 28.5 Å². The van der Waals surface area contributed by atoms with Crippen LogP contribution in [-0.4, -0.2) is 45.3 Å². The number of hydrogen-bond donors (Lipinski definition) is 1. The number of halogens is 1. The zero-order chi connectivity index (χ0) is 21.4. The Hall–Kier alpha value is -2.59. The van der Waals surface area contributed by atoms with Gasteiger partial charge in [-0.2, -0.15) is 0 Å². The molecular weight excluding hydrogens is 421 g/mol. The SMILES string of the molecule is CC(=O)c1cccc(NC(=O)c2cc(S(=O)(=O)[C@H]3CCS(=O)(=O)C3)ccc2F)c1. The summed E-state index contributed by atoms with van der Waals surface area (Å²) in [5.74, 6) is -2.75. The fourth-order valence-electron chi connectivity index (χ4n) is 3.07. The zero-order valence-electron chi connectivity index (χ0n) is 15.4. The maximum atomic E-state index is 14.2. The first-order valence-corrected chi connectivity index (χ1v) is 12.0. The van der Waals surface area contributed by atoms with Crippen LogP contribution in [0.3, 0.4) is 0 Å². The third-order valence-corrected chi connectivity index (χ3v) is 8.84. The fraction of sp³-hybridized carbons (Fsp3) is 0.263. The number of rotatable bonds is 5. The summed E-state index contributed by atoms with van der Waals surface area (Å²) in [6.45, 7) is 1.36. The van der Waals surface area contributed by atoms with Gasteiger partial charge < -0.3 is 5.32 Å². The van der Waals surface area contributed by atoms with Gasteiger partial charge in [-0.3, -0.25) is 9.59 Å². The van der Waals surface area contributed by atoms with Gasteiger partial charge in [-0.25, -0.2) is 21.2 Å². The van der Waals surface area contributed by atoms with E-state index in [1.807, 2.05) is 0 Å². The van der Waals surface area contributed by atoms with Crippen LogP contribution in [0.4, 0.5) is 10.1 Å². The van der Waals surface area contributed by atoms with Crippen LogP contribution < -0.4 is 5.32 Å². The van der Waals surface area contributed by atoms with E-state index in [1.165, 1.54) is 19.1 Å². The monoisotopic (exact) mass is 439 g/mol. The molecule has 1 saturated heterocycles. The van der Waals surface area contributed by atoms with E-state index in [4.69, 9.17) is 0 Å². The highest BCUT2D eigenvalue weighted by molar-refractivity contribution is 7.96. The summed E-state index contributed by atoms with van der Waals surface area (Å²) in [6.07, 6.45) is -0.0403. The second-order valence-electron chi connectivity index (χ2n) is 6.80. The van der Waals surface area contributed by atoms with Gasteiger partial charge in [0.1, 0.15) is 5.82 Å². The highest BCUT2D eigenvalue weighted by Crippen LogP contribution is 2.27. The maximum absolute atomic E-state index is 14.2. The lowest BCUT2D eigenvalue weighted by atomic mass is 10.1. The van der Waals surface area contributed by atoms with E-state index in [0.717, 1.165) is 18.2 Å². The molecule has 1 amide bonds. The fourth-order valence-corrected chi connectivity index (χ4v) is 7.45. The van der Waals surface area contributed by atoms with Crippen LogP contribution in [-0.2, 0) is 19.7 Å². The molecule has 7 nitrogen and oxygen atoms in total. The second kappa shape index (κ2) is 7.68. The molecule has 0 saturated carbocycles. The van der Waals surface area contributed by atoms with Crippen molar-refractivity contribution >= 4 is 37.1 Å². The molecule has 0 radical (unpaired) electrons. The van der Waals surface area contributed by atoms with Gasteiger partial charge in [0.05, 0.1) is 27.2 Å². The molecule has 0 aromatic heterocycles. The van der Waals surface area contributed by atoms with Gasteiger partial charge in [-0.15, -0.1) is 0 Å². The molecule has 1 atom stereocenters. The van der Waals surface area contributed by atoms with Crippen molar-refractivity contribution in [3.05, 3.63) is 59.4 Å². The van der Waals surface area contributed by atoms with E-state index < -0.39 is 48.0 Å². The first kappa shape index (κ1) is 21.1. The second-order valence-corrected chi connectivity index (χ2v) is 11.3. The number of ketones is 1. The molecule has 1 heterocycles. The molecule has 1 aliphatic rings. The van der Waals surface area contributed by atoms with Crippen LogP contribution in [0.2, 0.25) is 0 Å². The van der Waals surface area contributed by atoms with Gasteiger partial charge in [-0.05, 0) is 43.7 Å². The predicted octanol–water partition coefficient (Wildman–Crippen LogP) is 2.24. The number of anilines is 1. The molecule has 2 aromatic rings. The third kappa shape index (κ3) is 4.54. The van der Waals surface area contributed by atoms with Gasteiger partial charge in [0, 0.05) is 11.3 Å². The molecule has 10 heteroatoms. The Bertz CT molecular complexity index is 1200. The van der Waals surface area contributed by atoms with Crippen molar-refractivity contribution in [1.29, 1.82) is 0 Å². The lowest BCUT2D eigenvalue weighted by Gasteiger charge is -2.12. The topological polar surface area (TPSA) is 114 Å². The third-order valence-electron chi connectivity index (χ3n) is 4.67. The van der Waals surface area contributed by atoms with Gasteiger partial charge in [0.25, 0.3) is 5.91 Å². The minimum absolute atomic E-state index is 0.0403. The summed E-state index contributed by atoms with van der Waals surface area (Å²) in [5, 5.41) is 1.31. The van der Waals surface area contributed by atoms with E-state index in [2.05, 4.69) is 5.32 Å². The van der Waals surface area contributed by atoms with Gasteiger partial charge in [0.2, 0.25) is 0 Å². The largest absolute Gasteiger partial charge is 0.322 e. The Kier molecular flexibility index (Phi) is 5.59. The van der Waals surface area contributed by atoms with Crippen LogP contribution in [0.15, 0.2) is 47.4 Å². The minimum Gasteiger partial charge on any atom is -0.322 e. The minimum atomic E-state index is -4.04. The number of hydrogen-bond acceptors (Lipinski definition) is 6. The van der Waals surface area contributed by atoms with E-state index >= 15 is 0 Å². The molecule has 0 bridgehead atoms. The van der Waals surface area contributed by atoms with Gasteiger partial charge >= 0.3 is 0 Å². The van der Waals surface area contributed by atoms with Crippen LogP contribution in [0, 0.1) is 5.82 Å². The van der Waals surface area contributed by atoms with Crippen molar-refractivity contribution in [2.45, 2.75) is 23.5 Å². The highest BCUT2D eigenvalue weighted by Gasteiger charge is 2.38. The number of benzene rings is 2. The molecule has 0 aliphatic carbocycles. The first-order chi connectivity index (χ1) is 13.5. The van der Waals surface area contributed by atoms with Crippen molar-refractivity contribution in [3.8, 4) is 0 Å². The molecule has 1 aliphatic heterocycles. The zero-order valence-corrected chi connectivity index (χ0v) is 17.0. The number of carbonyl (C=O) groups is 2. The van der Waals surface area contributed by atoms with Crippen molar-refractivity contribution in [2.75, 3.05) is 16.8 Å². The molecule has 154 valence electrons. The molecule has 2 aromatic carbocycles. The molecule has 29 heavy (non-hydrogen) atoms. The van der Waals surface area contributed by atoms with Crippen molar-refractivity contribution in [3.63, 3.8) is 0 Å². The summed E-state index contributed by atoms with van der Waals surface area (Å²) in [7, 11) is -7.48.